The number of nitro groups is 1. The molecule has 2 aromatic rings. The van der Waals surface area contributed by atoms with Crippen LogP contribution in [-0.2, 0) is 14.8 Å². The molecule has 0 aromatic heterocycles. The van der Waals surface area contributed by atoms with Crippen molar-refractivity contribution in [3.8, 4) is 5.75 Å². The molecular formula is C18H19N3O7S. The van der Waals surface area contributed by atoms with Crippen LogP contribution in [0.15, 0.2) is 47.4 Å². The maximum atomic E-state index is 12.4. The predicted molar refractivity (Wildman–Crippen MR) is 103 cm³/mol. The molecule has 0 bridgehead atoms. The summed E-state index contributed by atoms with van der Waals surface area (Å²) < 4.78 is 32.6. The minimum Gasteiger partial charge on any atom is -0.502 e. The molecule has 1 amide bonds. The summed E-state index contributed by atoms with van der Waals surface area (Å²) in [7, 11) is -4.12. The zero-order valence-corrected chi connectivity index (χ0v) is 16.0. The van der Waals surface area contributed by atoms with Crippen molar-refractivity contribution in [1.82, 2.24) is 5.32 Å². The Hall–Kier alpha value is -3.18. The van der Waals surface area contributed by atoms with Crippen molar-refractivity contribution in [3.63, 3.8) is 0 Å². The van der Waals surface area contributed by atoms with Gasteiger partial charge in [0.05, 0.1) is 15.9 Å². The monoisotopic (exact) mass is 421 g/mol. The molecule has 0 radical (unpaired) electrons. The number of anilines is 1. The van der Waals surface area contributed by atoms with Gasteiger partial charge in [0.25, 0.3) is 15.9 Å². The lowest BCUT2D eigenvalue weighted by Crippen LogP contribution is -2.31. The number of nitro benzene ring substituents is 1. The third-order valence-corrected chi connectivity index (χ3v) is 5.75. The minimum absolute atomic E-state index is 0.0133. The molecule has 3 rings (SSSR count). The molecule has 1 aliphatic heterocycles. The van der Waals surface area contributed by atoms with Crippen LogP contribution >= 0.6 is 0 Å². The van der Waals surface area contributed by atoms with E-state index in [-0.39, 0.29) is 22.6 Å². The van der Waals surface area contributed by atoms with Gasteiger partial charge in [0.2, 0.25) is 0 Å². The molecule has 29 heavy (non-hydrogen) atoms. The van der Waals surface area contributed by atoms with Gasteiger partial charge in [-0.1, -0.05) is 0 Å². The number of amides is 1. The summed E-state index contributed by atoms with van der Waals surface area (Å²) in [6.45, 7) is 1.10. The Bertz CT molecular complexity index is 1020. The first-order chi connectivity index (χ1) is 13.8. The van der Waals surface area contributed by atoms with Crippen molar-refractivity contribution in [1.29, 1.82) is 0 Å². The molecule has 1 heterocycles. The smallest absolute Gasteiger partial charge is 0.312 e. The zero-order chi connectivity index (χ0) is 21.0. The van der Waals surface area contributed by atoms with E-state index in [1.54, 1.807) is 0 Å². The van der Waals surface area contributed by atoms with Crippen LogP contribution in [0, 0.1) is 10.1 Å². The van der Waals surface area contributed by atoms with Gasteiger partial charge < -0.3 is 15.2 Å². The van der Waals surface area contributed by atoms with Crippen LogP contribution in [-0.4, -0.2) is 43.6 Å². The number of carbonyl (C=O) groups is 1. The highest BCUT2D eigenvalue weighted by Crippen LogP contribution is 2.29. The van der Waals surface area contributed by atoms with E-state index >= 15 is 0 Å². The number of phenolic OH excluding ortho intramolecular Hbond substituents is 1. The van der Waals surface area contributed by atoms with E-state index in [1.807, 2.05) is 0 Å². The Kier molecular flexibility index (Phi) is 5.99. The molecule has 1 aliphatic rings. The molecule has 154 valence electrons. The third kappa shape index (κ3) is 5.00. The molecule has 0 spiro atoms. The van der Waals surface area contributed by atoms with E-state index in [2.05, 4.69) is 10.0 Å². The first-order valence-corrected chi connectivity index (χ1v) is 10.2. The van der Waals surface area contributed by atoms with Crippen LogP contribution in [0.2, 0.25) is 0 Å². The summed E-state index contributed by atoms with van der Waals surface area (Å²) in [6, 6.07) is 8.50. The maximum Gasteiger partial charge on any atom is 0.312 e. The van der Waals surface area contributed by atoms with Gasteiger partial charge in [-0.15, -0.1) is 0 Å². The Morgan fingerprint density at radius 3 is 2.59 bits per heavy atom. The van der Waals surface area contributed by atoms with E-state index in [0.29, 0.717) is 18.7 Å². The molecule has 11 heteroatoms. The normalized spacial score (nSPS) is 16.3. The number of carbonyl (C=O) groups excluding carboxylic acids is 1. The van der Waals surface area contributed by atoms with Crippen molar-refractivity contribution in [2.45, 2.75) is 23.8 Å². The topological polar surface area (TPSA) is 148 Å². The fourth-order valence-corrected chi connectivity index (χ4v) is 3.91. The van der Waals surface area contributed by atoms with E-state index in [4.69, 9.17) is 4.74 Å². The van der Waals surface area contributed by atoms with E-state index < -0.39 is 26.4 Å². The van der Waals surface area contributed by atoms with Crippen LogP contribution in [0.5, 0.6) is 5.75 Å². The van der Waals surface area contributed by atoms with Crippen molar-refractivity contribution < 1.29 is 28.0 Å². The highest BCUT2D eigenvalue weighted by atomic mass is 32.2. The number of rotatable bonds is 7. The molecule has 0 aliphatic carbocycles. The molecule has 0 saturated carbocycles. The highest BCUT2D eigenvalue weighted by molar-refractivity contribution is 7.92. The van der Waals surface area contributed by atoms with Gasteiger partial charge in [-0.05, 0) is 49.2 Å². The lowest BCUT2D eigenvalue weighted by Gasteiger charge is -2.11. The summed E-state index contributed by atoms with van der Waals surface area (Å²) in [6.07, 6.45) is 1.88. The average Bonchev–Trinajstić information content (AvgIpc) is 3.20. The van der Waals surface area contributed by atoms with Crippen LogP contribution in [0.25, 0.3) is 0 Å². The molecule has 1 unspecified atom stereocenters. The van der Waals surface area contributed by atoms with Gasteiger partial charge >= 0.3 is 5.69 Å². The van der Waals surface area contributed by atoms with Crippen molar-refractivity contribution in [2.75, 3.05) is 17.9 Å². The second-order valence-corrected chi connectivity index (χ2v) is 8.12. The molecular weight excluding hydrogens is 402 g/mol. The Labute approximate surface area is 166 Å². The molecule has 1 fully saturated rings. The summed E-state index contributed by atoms with van der Waals surface area (Å²) >= 11 is 0. The number of ether oxygens (including phenoxy) is 1. The van der Waals surface area contributed by atoms with Crippen molar-refractivity contribution >= 4 is 27.3 Å². The van der Waals surface area contributed by atoms with E-state index in [9.17, 15) is 28.4 Å². The van der Waals surface area contributed by atoms with E-state index in [1.165, 1.54) is 24.3 Å². The van der Waals surface area contributed by atoms with Gasteiger partial charge in [-0.25, -0.2) is 8.42 Å². The summed E-state index contributed by atoms with van der Waals surface area (Å²) in [5.74, 6) is -0.934. The fourth-order valence-electron chi connectivity index (χ4n) is 2.83. The minimum atomic E-state index is -4.12. The van der Waals surface area contributed by atoms with Crippen molar-refractivity contribution in [3.05, 3.63) is 58.1 Å². The molecule has 10 nitrogen and oxygen atoms in total. The Morgan fingerprint density at radius 2 is 1.97 bits per heavy atom. The largest absolute Gasteiger partial charge is 0.502 e. The number of nitrogens with one attached hydrogen (secondary N) is 2. The standard InChI is InChI=1S/C18H19N3O7S/c22-17-8-7-15(10-16(17)21(24)25)29(26,27)20-13-5-3-12(4-6-13)18(23)19-11-14-2-1-9-28-14/h3-8,10,14,20,22H,1-2,9,11H2,(H,19,23). The number of sulfonamides is 1. The number of aromatic hydroxyl groups is 1. The van der Waals surface area contributed by atoms with Gasteiger partial charge in [-0.2, -0.15) is 0 Å². The van der Waals surface area contributed by atoms with Crippen molar-refractivity contribution in [2.24, 2.45) is 0 Å². The second kappa shape index (κ2) is 8.45. The predicted octanol–water partition coefficient (Wildman–Crippen LogP) is 2.01. The van der Waals surface area contributed by atoms with Crippen LogP contribution < -0.4 is 10.0 Å². The lowest BCUT2D eigenvalue weighted by atomic mass is 10.2. The SMILES string of the molecule is O=C(NCC1CCCO1)c1ccc(NS(=O)(=O)c2ccc(O)c([N+](=O)[O-])c2)cc1. The molecule has 1 atom stereocenters. The first kappa shape index (κ1) is 20.6. The maximum absolute atomic E-state index is 12.4. The average molecular weight is 421 g/mol. The summed E-state index contributed by atoms with van der Waals surface area (Å²) in [4.78, 5) is 21.8. The summed E-state index contributed by atoms with van der Waals surface area (Å²) in [5.41, 5.74) is -0.186. The Morgan fingerprint density at radius 1 is 1.24 bits per heavy atom. The number of phenols is 1. The van der Waals surface area contributed by atoms with Gasteiger partial charge in [0, 0.05) is 30.5 Å². The number of hydrogen-bond acceptors (Lipinski definition) is 7. The lowest BCUT2D eigenvalue weighted by molar-refractivity contribution is -0.386. The number of nitrogens with zero attached hydrogens (tertiary/aromatic N) is 1. The quantitative estimate of drug-likeness (QED) is 0.457. The fraction of sp³-hybridized carbons (Fsp3) is 0.278. The van der Waals surface area contributed by atoms with Gasteiger partial charge in [-0.3, -0.25) is 19.6 Å². The zero-order valence-electron chi connectivity index (χ0n) is 15.2. The second-order valence-electron chi connectivity index (χ2n) is 6.44. The number of benzene rings is 2. The molecule has 1 saturated heterocycles. The van der Waals surface area contributed by atoms with Gasteiger partial charge in [0.15, 0.2) is 5.75 Å². The molecule has 2 aromatic carbocycles. The third-order valence-electron chi connectivity index (χ3n) is 4.37. The Balaban J connectivity index is 1.67. The molecule has 3 N–H and O–H groups in total. The van der Waals surface area contributed by atoms with Gasteiger partial charge in [0.1, 0.15) is 0 Å². The highest BCUT2D eigenvalue weighted by Gasteiger charge is 2.21. The first-order valence-electron chi connectivity index (χ1n) is 8.76. The van der Waals surface area contributed by atoms with Crippen LogP contribution in [0.1, 0.15) is 23.2 Å². The van der Waals surface area contributed by atoms with E-state index in [0.717, 1.165) is 31.0 Å². The number of hydrogen-bond donors (Lipinski definition) is 3. The van der Waals surface area contributed by atoms with Crippen LogP contribution in [0.3, 0.4) is 0 Å². The summed E-state index contributed by atoms with van der Waals surface area (Å²) in [5, 5.41) is 23.1. The van der Waals surface area contributed by atoms with Crippen LogP contribution in [0.4, 0.5) is 11.4 Å².